The van der Waals surface area contributed by atoms with Gasteiger partial charge in [0.1, 0.15) is 6.10 Å². The average molecular weight is 299 g/mol. The number of aryl methyl sites for hydroxylation is 1. The topological polar surface area (TPSA) is 47.4 Å². The zero-order valence-corrected chi connectivity index (χ0v) is 13.0. The predicted octanol–water partition coefficient (Wildman–Crippen LogP) is 2.36. The summed E-state index contributed by atoms with van der Waals surface area (Å²) in [4.78, 5) is 15.0. The summed E-state index contributed by atoms with van der Waals surface area (Å²) < 4.78 is 7.53. The van der Waals surface area contributed by atoms with Crippen molar-refractivity contribution < 1.29 is 9.53 Å². The van der Waals surface area contributed by atoms with E-state index in [1.807, 2.05) is 31.3 Å². The summed E-state index contributed by atoms with van der Waals surface area (Å²) in [7, 11) is 4.04. The standard InChI is InChI=1S/C17H21N3O2/c1-19-11-7-8-12(19)10-13(9-11)22-17(21)16-14-5-3-4-6-15(14)20(2)18-16/h3-6,11-13H,7-10H2,1-2H3/t11-,12+,13?. The van der Waals surface area contributed by atoms with Crippen molar-refractivity contribution in [1.29, 1.82) is 0 Å². The van der Waals surface area contributed by atoms with E-state index in [2.05, 4.69) is 17.0 Å². The van der Waals surface area contributed by atoms with Crippen LogP contribution in [0.25, 0.3) is 10.9 Å². The van der Waals surface area contributed by atoms with E-state index in [4.69, 9.17) is 4.74 Å². The number of aromatic nitrogens is 2. The molecular formula is C17H21N3O2. The van der Waals surface area contributed by atoms with Crippen LogP contribution < -0.4 is 0 Å². The van der Waals surface area contributed by atoms with E-state index in [-0.39, 0.29) is 12.1 Å². The third-order valence-electron chi connectivity index (χ3n) is 5.28. The molecule has 2 fully saturated rings. The van der Waals surface area contributed by atoms with Crippen LogP contribution in [0.2, 0.25) is 0 Å². The normalized spacial score (nSPS) is 28.2. The second-order valence-electron chi connectivity index (χ2n) is 6.54. The Morgan fingerprint density at radius 1 is 1.18 bits per heavy atom. The minimum Gasteiger partial charge on any atom is -0.457 e. The maximum atomic E-state index is 12.5. The van der Waals surface area contributed by atoms with Gasteiger partial charge in [-0.15, -0.1) is 0 Å². The fourth-order valence-electron chi connectivity index (χ4n) is 4.03. The highest BCUT2D eigenvalue weighted by molar-refractivity contribution is 6.02. The van der Waals surface area contributed by atoms with E-state index in [0.717, 1.165) is 23.7 Å². The first-order valence-corrected chi connectivity index (χ1v) is 7.98. The highest BCUT2D eigenvalue weighted by Crippen LogP contribution is 2.35. The first-order chi connectivity index (χ1) is 10.6. The molecule has 0 aliphatic carbocycles. The highest BCUT2D eigenvalue weighted by Gasteiger charge is 2.40. The molecule has 1 aromatic carbocycles. The molecule has 0 spiro atoms. The number of carbonyl (C=O) groups is 1. The second kappa shape index (κ2) is 5.09. The Balaban J connectivity index is 1.55. The zero-order chi connectivity index (χ0) is 15.3. The molecule has 0 N–H and O–H groups in total. The second-order valence-corrected chi connectivity index (χ2v) is 6.54. The molecule has 0 amide bonds. The van der Waals surface area contributed by atoms with Crippen molar-refractivity contribution in [2.45, 2.75) is 43.9 Å². The predicted molar refractivity (Wildman–Crippen MR) is 83.7 cm³/mol. The van der Waals surface area contributed by atoms with E-state index in [9.17, 15) is 4.79 Å². The molecule has 0 radical (unpaired) electrons. The van der Waals surface area contributed by atoms with Gasteiger partial charge < -0.3 is 9.64 Å². The molecule has 2 saturated heterocycles. The first-order valence-electron chi connectivity index (χ1n) is 7.98. The minimum atomic E-state index is -0.286. The Bertz CT molecular complexity index is 710. The first kappa shape index (κ1) is 13.8. The van der Waals surface area contributed by atoms with Gasteiger partial charge in [-0.05, 0) is 26.0 Å². The Hall–Kier alpha value is -1.88. The van der Waals surface area contributed by atoms with E-state index < -0.39 is 0 Å². The molecule has 1 aromatic heterocycles. The van der Waals surface area contributed by atoms with Crippen LogP contribution in [0.4, 0.5) is 0 Å². The largest absolute Gasteiger partial charge is 0.457 e. The van der Waals surface area contributed by atoms with E-state index in [0.29, 0.717) is 17.8 Å². The lowest BCUT2D eigenvalue weighted by atomic mass is 10.0. The summed E-state index contributed by atoms with van der Waals surface area (Å²) in [5.41, 5.74) is 1.39. The number of nitrogens with zero attached hydrogens (tertiary/aromatic N) is 3. The van der Waals surface area contributed by atoms with Gasteiger partial charge in [0.05, 0.1) is 5.52 Å². The van der Waals surface area contributed by atoms with Crippen LogP contribution in [0.15, 0.2) is 24.3 Å². The van der Waals surface area contributed by atoms with Gasteiger partial charge in [0.15, 0.2) is 5.69 Å². The molecule has 2 bridgehead atoms. The minimum absolute atomic E-state index is 0.0296. The van der Waals surface area contributed by atoms with Crippen LogP contribution in [0.5, 0.6) is 0 Å². The summed E-state index contributed by atoms with van der Waals surface area (Å²) in [5.74, 6) is -0.286. The molecule has 3 atom stereocenters. The number of piperidine rings is 1. The smallest absolute Gasteiger partial charge is 0.359 e. The van der Waals surface area contributed by atoms with Gasteiger partial charge >= 0.3 is 5.97 Å². The average Bonchev–Trinajstić information content (AvgIpc) is 2.93. The molecule has 2 aromatic rings. The molecule has 1 unspecified atom stereocenters. The van der Waals surface area contributed by atoms with Crippen molar-refractivity contribution in [2.75, 3.05) is 7.05 Å². The van der Waals surface area contributed by atoms with Crippen LogP contribution in [0.1, 0.15) is 36.2 Å². The summed E-state index contributed by atoms with van der Waals surface area (Å²) in [5, 5.41) is 5.22. The van der Waals surface area contributed by atoms with Crippen LogP contribution >= 0.6 is 0 Å². The lowest BCUT2D eigenvalue weighted by Gasteiger charge is -2.35. The number of hydrogen-bond donors (Lipinski definition) is 0. The maximum absolute atomic E-state index is 12.5. The Kier molecular flexibility index (Phi) is 3.18. The van der Waals surface area contributed by atoms with Crippen molar-refractivity contribution in [3.8, 4) is 0 Å². The van der Waals surface area contributed by atoms with Gasteiger partial charge in [0, 0.05) is 37.4 Å². The van der Waals surface area contributed by atoms with Gasteiger partial charge in [-0.25, -0.2) is 4.79 Å². The summed E-state index contributed by atoms with van der Waals surface area (Å²) in [6, 6.07) is 8.91. The van der Waals surface area contributed by atoms with Gasteiger partial charge in [0.25, 0.3) is 0 Å². The monoisotopic (exact) mass is 299 g/mol. The fraction of sp³-hybridized carbons (Fsp3) is 0.529. The van der Waals surface area contributed by atoms with E-state index >= 15 is 0 Å². The summed E-state index contributed by atoms with van der Waals surface area (Å²) in [6.45, 7) is 0. The Morgan fingerprint density at radius 3 is 2.59 bits per heavy atom. The van der Waals surface area contributed by atoms with Gasteiger partial charge in [0.2, 0.25) is 0 Å². The third kappa shape index (κ3) is 2.11. The van der Waals surface area contributed by atoms with Crippen molar-refractivity contribution in [3.05, 3.63) is 30.0 Å². The SMILES string of the molecule is CN1[C@@H]2CC[C@H]1CC(OC(=O)c1nn(C)c3ccccc13)C2. The molecule has 22 heavy (non-hydrogen) atoms. The van der Waals surface area contributed by atoms with Crippen LogP contribution in [0.3, 0.4) is 0 Å². The van der Waals surface area contributed by atoms with Crippen molar-refractivity contribution in [2.24, 2.45) is 7.05 Å². The zero-order valence-electron chi connectivity index (χ0n) is 13.0. The molecule has 3 heterocycles. The summed E-state index contributed by atoms with van der Waals surface area (Å²) >= 11 is 0. The van der Waals surface area contributed by atoms with Gasteiger partial charge in [-0.2, -0.15) is 5.10 Å². The van der Waals surface area contributed by atoms with E-state index in [1.54, 1.807) is 4.68 Å². The van der Waals surface area contributed by atoms with Gasteiger partial charge in [-0.3, -0.25) is 4.68 Å². The molecule has 5 nitrogen and oxygen atoms in total. The number of benzene rings is 1. The van der Waals surface area contributed by atoms with Crippen molar-refractivity contribution in [1.82, 2.24) is 14.7 Å². The fourth-order valence-corrected chi connectivity index (χ4v) is 4.03. The lowest BCUT2D eigenvalue weighted by Crippen LogP contribution is -2.43. The number of para-hydroxylation sites is 1. The number of rotatable bonds is 2. The van der Waals surface area contributed by atoms with Crippen LogP contribution in [-0.2, 0) is 11.8 Å². The van der Waals surface area contributed by atoms with Gasteiger partial charge in [-0.1, -0.05) is 18.2 Å². The number of fused-ring (bicyclic) bond motifs is 3. The van der Waals surface area contributed by atoms with E-state index in [1.165, 1.54) is 12.8 Å². The van der Waals surface area contributed by atoms with Crippen LogP contribution in [0, 0.1) is 0 Å². The Labute approximate surface area is 129 Å². The van der Waals surface area contributed by atoms with Crippen molar-refractivity contribution >= 4 is 16.9 Å². The molecular weight excluding hydrogens is 278 g/mol. The highest BCUT2D eigenvalue weighted by atomic mass is 16.5. The molecule has 5 heteroatoms. The maximum Gasteiger partial charge on any atom is 0.359 e. The molecule has 2 aliphatic rings. The number of hydrogen-bond acceptors (Lipinski definition) is 4. The summed E-state index contributed by atoms with van der Waals surface area (Å²) in [6.07, 6.45) is 4.37. The number of carbonyl (C=O) groups excluding carboxylic acids is 1. The number of esters is 1. The van der Waals surface area contributed by atoms with Crippen LogP contribution in [-0.4, -0.2) is 45.9 Å². The quantitative estimate of drug-likeness (QED) is 0.799. The molecule has 116 valence electrons. The third-order valence-corrected chi connectivity index (χ3v) is 5.28. The van der Waals surface area contributed by atoms with Crippen molar-refractivity contribution in [3.63, 3.8) is 0 Å². The lowest BCUT2D eigenvalue weighted by molar-refractivity contribution is -0.000869. The molecule has 4 rings (SSSR count). The molecule has 2 aliphatic heterocycles. The Morgan fingerprint density at radius 2 is 1.86 bits per heavy atom. The number of ether oxygens (including phenoxy) is 1. The molecule has 0 saturated carbocycles.